The molecule has 0 aliphatic carbocycles. The van der Waals surface area contributed by atoms with Crippen LogP contribution in [0.3, 0.4) is 0 Å². The zero-order valence-electron chi connectivity index (χ0n) is 25.2. The second-order valence-electron chi connectivity index (χ2n) is 10.4. The maximum atomic E-state index is 12.2. The van der Waals surface area contributed by atoms with Gasteiger partial charge in [0.1, 0.15) is 0 Å². The first-order chi connectivity index (χ1) is 17.6. The van der Waals surface area contributed by atoms with E-state index in [0.29, 0.717) is 91.1 Å². The molecule has 0 N–H and O–H groups in total. The first-order valence-electron chi connectivity index (χ1n) is 13.5. The molecule has 1 aliphatic heterocycles. The number of nitrogens with zero attached hydrogens (tertiary/aromatic N) is 1. The van der Waals surface area contributed by atoms with Gasteiger partial charge in [0.15, 0.2) is 0 Å². The molecule has 38 heavy (non-hydrogen) atoms. The summed E-state index contributed by atoms with van der Waals surface area (Å²) < 4.78 is 32.0. The van der Waals surface area contributed by atoms with Crippen molar-refractivity contribution in [3.63, 3.8) is 0 Å². The van der Waals surface area contributed by atoms with Crippen molar-refractivity contribution in [3.05, 3.63) is 29.3 Å². The average Bonchev–Trinajstić information content (AvgIpc) is 2.83. The molecule has 1 heterocycles. The molecule has 0 saturated carbocycles. The first kappa shape index (κ1) is 38.1. The second kappa shape index (κ2) is 22.7. The predicted octanol–water partition coefficient (Wildman–Crippen LogP) is 1.47. The van der Waals surface area contributed by atoms with Crippen molar-refractivity contribution in [2.75, 3.05) is 79.3 Å². The Bertz CT molecular complexity index is 650. The van der Waals surface area contributed by atoms with Gasteiger partial charge in [0.05, 0.1) is 85.0 Å². The van der Waals surface area contributed by atoms with Crippen LogP contribution in [0.25, 0.3) is 0 Å². The third kappa shape index (κ3) is 17.7. The van der Waals surface area contributed by atoms with E-state index in [4.69, 9.17) is 28.4 Å². The van der Waals surface area contributed by atoms with E-state index in [9.17, 15) is 5.11 Å². The fourth-order valence-corrected chi connectivity index (χ4v) is 3.23. The Labute approximate surface area is 273 Å². The number of rotatable bonds is 3. The average molecular weight is 564 g/mol. The van der Waals surface area contributed by atoms with Crippen LogP contribution in [0.4, 0.5) is 5.69 Å². The van der Waals surface area contributed by atoms with Crippen LogP contribution >= 0.6 is 0 Å². The van der Waals surface area contributed by atoms with E-state index in [1.165, 1.54) is 0 Å². The van der Waals surface area contributed by atoms with Crippen LogP contribution in [0.1, 0.15) is 71.4 Å². The molecule has 0 atom stereocenters. The van der Waals surface area contributed by atoms with Gasteiger partial charge in [-0.1, -0.05) is 66.7 Å². The number of benzene rings is 1. The Hall–Kier alpha value is 0.0864. The fraction of sp³-hybridized carbons (Fsp3) is 0.759. The summed E-state index contributed by atoms with van der Waals surface area (Å²) in [5.41, 5.74) is 2.76. The van der Waals surface area contributed by atoms with Crippen molar-refractivity contribution in [2.45, 2.75) is 60.3 Å². The van der Waals surface area contributed by atoms with Gasteiger partial charge < -0.3 is 33.5 Å². The van der Waals surface area contributed by atoms with Crippen LogP contribution in [0.2, 0.25) is 0 Å². The molecule has 1 saturated heterocycles. The molecule has 0 unspecified atom stereocenters. The molecule has 2 rings (SSSR count). The van der Waals surface area contributed by atoms with Gasteiger partial charge in [-0.15, -0.1) is 0 Å². The molecular weight excluding hydrogens is 513 g/mol. The zero-order valence-corrected chi connectivity index (χ0v) is 28.3. The van der Waals surface area contributed by atoms with E-state index >= 15 is 0 Å². The number of hydrogen-bond acceptors (Lipinski definition) is 8. The van der Waals surface area contributed by atoms with Gasteiger partial charge in [-0.2, -0.15) is 0 Å². The van der Waals surface area contributed by atoms with Gasteiger partial charge in [-0.25, -0.2) is 0 Å². The standard InChI is InChI=1S/C17H27NO.C12H24O6.K/c1-11(2)13-9-8-10-14(12(3)4)15(13)18-16(19)17(5,6)7;1-2-14-5-6-16-9-10-18-12-11-17-8-7-15-4-3-13-1;/h8-12H,1-7H3,(H,18,19);1-12H2;/q;;+1/p-1. The Morgan fingerprint density at radius 3 is 1.11 bits per heavy atom. The van der Waals surface area contributed by atoms with Crippen molar-refractivity contribution < 1.29 is 84.9 Å². The summed E-state index contributed by atoms with van der Waals surface area (Å²) in [5, 5.41) is 12.2. The third-order valence-electron chi connectivity index (χ3n) is 5.43. The summed E-state index contributed by atoms with van der Waals surface area (Å²) in [5.74, 6) is 0.679. The second-order valence-corrected chi connectivity index (χ2v) is 10.4. The van der Waals surface area contributed by atoms with Gasteiger partial charge in [-0.3, -0.25) is 4.99 Å². The van der Waals surface area contributed by atoms with E-state index in [0.717, 1.165) is 16.8 Å². The van der Waals surface area contributed by atoms with Crippen LogP contribution < -0.4 is 56.5 Å². The molecule has 1 aliphatic rings. The molecule has 8 nitrogen and oxygen atoms in total. The predicted molar refractivity (Wildman–Crippen MR) is 146 cm³/mol. The number of para-hydroxylation sites is 1. The van der Waals surface area contributed by atoms with Crippen LogP contribution in [0.5, 0.6) is 0 Å². The topological polar surface area (TPSA) is 90.8 Å². The summed E-state index contributed by atoms with van der Waals surface area (Å²) in [4.78, 5) is 4.43. The van der Waals surface area contributed by atoms with Crippen molar-refractivity contribution in [3.8, 4) is 0 Å². The normalized spacial score (nSPS) is 18.1. The molecule has 0 radical (unpaired) electrons. The van der Waals surface area contributed by atoms with Crippen LogP contribution in [-0.2, 0) is 28.4 Å². The van der Waals surface area contributed by atoms with Gasteiger partial charge in [0, 0.05) is 0 Å². The SMILES string of the molecule is C1COCCOCCOCCOCCOCCO1.CC(C)c1cccc(C(C)C)c1N=C([O-])C(C)(C)C.[K+]. The Morgan fingerprint density at radius 1 is 0.632 bits per heavy atom. The summed E-state index contributed by atoms with van der Waals surface area (Å²) in [6.07, 6.45) is 0. The minimum Gasteiger partial charge on any atom is -0.861 e. The molecule has 0 amide bonds. The summed E-state index contributed by atoms with van der Waals surface area (Å²) >= 11 is 0. The Balaban J connectivity index is 0.000000703. The van der Waals surface area contributed by atoms with E-state index in [-0.39, 0.29) is 57.3 Å². The molecule has 9 heteroatoms. The van der Waals surface area contributed by atoms with E-state index in [2.05, 4.69) is 50.9 Å². The van der Waals surface area contributed by atoms with Crippen molar-refractivity contribution >= 4 is 11.6 Å². The molecule has 0 spiro atoms. The smallest absolute Gasteiger partial charge is 0.861 e. The molecule has 0 bridgehead atoms. The van der Waals surface area contributed by atoms with E-state index < -0.39 is 5.41 Å². The molecule has 214 valence electrons. The van der Waals surface area contributed by atoms with Crippen molar-refractivity contribution in [1.29, 1.82) is 0 Å². The van der Waals surface area contributed by atoms with Gasteiger partial charge >= 0.3 is 51.4 Å². The maximum Gasteiger partial charge on any atom is 1.00 e. The Kier molecular flexibility index (Phi) is 22.8. The fourth-order valence-electron chi connectivity index (χ4n) is 3.23. The number of hydrogen-bond donors (Lipinski definition) is 0. The maximum absolute atomic E-state index is 12.2. The zero-order chi connectivity index (χ0) is 27.5. The first-order valence-corrected chi connectivity index (χ1v) is 13.5. The summed E-state index contributed by atoms with van der Waals surface area (Å²) in [6, 6.07) is 6.21. The number of aliphatic imine (C=N–C) groups is 1. The van der Waals surface area contributed by atoms with E-state index in [1.807, 2.05) is 20.8 Å². The number of ether oxygens (including phenoxy) is 6. The van der Waals surface area contributed by atoms with Gasteiger partial charge in [0.2, 0.25) is 0 Å². The summed E-state index contributed by atoms with van der Waals surface area (Å²) in [7, 11) is 0. The minimum absolute atomic E-state index is 0. The largest absolute Gasteiger partial charge is 1.00 e. The monoisotopic (exact) mass is 563 g/mol. The van der Waals surface area contributed by atoms with Gasteiger partial charge in [-0.05, 0) is 34.3 Å². The summed E-state index contributed by atoms with van der Waals surface area (Å²) in [6.45, 7) is 21.3. The van der Waals surface area contributed by atoms with Crippen LogP contribution in [-0.4, -0.2) is 85.2 Å². The molecule has 1 fully saturated rings. The van der Waals surface area contributed by atoms with Crippen molar-refractivity contribution in [2.24, 2.45) is 10.4 Å². The van der Waals surface area contributed by atoms with Gasteiger partial charge in [0.25, 0.3) is 0 Å². The van der Waals surface area contributed by atoms with Crippen LogP contribution in [0, 0.1) is 5.41 Å². The Morgan fingerprint density at radius 2 is 0.895 bits per heavy atom. The van der Waals surface area contributed by atoms with E-state index in [1.54, 1.807) is 0 Å². The van der Waals surface area contributed by atoms with Crippen LogP contribution in [0.15, 0.2) is 23.2 Å². The molecule has 1 aromatic rings. The quantitative estimate of drug-likeness (QED) is 0.313. The molecule has 0 aromatic heterocycles. The molecule has 1 aromatic carbocycles. The third-order valence-corrected chi connectivity index (χ3v) is 5.43. The minimum atomic E-state index is -0.432. The van der Waals surface area contributed by atoms with Crippen molar-refractivity contribution in [1.82, 2.24) is 0 Å². The molecular formula is C29H50KNO7.